The third-order valence-electron chi connectivity index (χ3n) is 3.44. The van der Waals surface area contributed by atoms with Crippen molar-refractivity contribution in [1.82, 2.24) is 0 Å². The van der Waals surface area contributed by atoms with Crippen LogP contribution < -0.4 is 0 Å². The monoisotopic (exact) mass is 246 g/mol. The van der Waals surface area contributed by atoms with E-state index in [4.69, 9.17) is 0 Å². The quantitative estimate of drug-likeness (QED) is 0.565. The molecule has 0 saturated heterocycles. The molecule has 0 saturated carbocycles. The third kappa shape index (κ3) is 2.40. The van der Waals surface area contributed by atoms with Gasteiger partial charge >= 0.3 is 0 Å². The normalized spacial score (nSPS) is 21.8. The van der Waals surface area contributed by atoms with E-state index in [1.807, 2.05) is 33.8 Å². The first-order chi connectivity index (χ1) is 8.52. The van der Waals surface area contributed by atoms with E-state index in [0.717, 1.165) is 24.0 Å². The Bertz CT molecular complexity index is 488. The smallest absolute Gasteiger partial charge is 0.211 e. The predicted octanol–water partition coefficient (Wildman–Crippen LogP) is 3.07. The summed E-state index contributed by atoms with van der Waals surface area (Å²) in [5.41, 5.74) is 2.27. The van der Waals surface area contributed by atoms with Crippen molar-refractivity contribution in [3.8, 4) is 0 Å². The molecule has 0 aromatic heterocycles. The predicted molar refractivity (Wildman–Crippen MR) is 69.5 cm³/mol. The Morgan fingerprint density at radius 2 is 1.89 bits per heavy atom. The van der Waals surface area contributed by atoms with Gasteiger partial charge in [-0.15, -0.1) is 0 Å². The van der Waals surface area contributed by atoms with Crippen LogP contribution in [0.1, 0.15) is 40.5 Å². The van der Waals surface area contributed by atoms with Crippen LogP contribution >= 0.6 is 0 Å². The van der Waals surface area contributed by atoms with Gasteiger partial charge in [0.25, 0.3) is 0 Å². The Balaban J connectivity index is 3.50. The zero-order chi connectivity index (χ0) is 13.8. The fraction of sp³-hybridized carbons (Fsp3) is 0.571. The number of nitrogens with zero attached hydrogens (tertiary/aromatic N) is 2. The molecule has 1 aliphatic rings. The molecular weight excluding hydrogens is 228 g/mol. The molecule has 0 N–H and O–H groups in total. The second kappa shape index (κ2) is 5.72. The standard InChI is InChI=1S/C14H18N2O2/c1-5-10-7-11(6-2)13(16-9-18)14(3,4)12(10)15-8-17/h7,12H,5-6H2,1-4H3. The van der Waals surface area contributed by atoms with E-state index in [1.165, 1.54) is 0 Å². The number of hydrogen-bond acceptors (Lipinski definition) is 4. The Morgan fingerprint density at radius 1 is 1.22 bits per heavy atom. The van der Waals surface area contributed by atoms with Crippen LogP contribution in [0.15, 0.2) is 32.9 Å². The highest BCUT2D eigenvalue weighted by atomic mass is 16.1. The van der Waals surface area contributed by atoms with Gasteiger partial charge in [0.2, 0.25) is 12.2 Å². The summed E-state index contributed by atoms with van der Waals surface area (Å²) in [4.78, 5) is 28.9. The maximum atomic E-state index is 10.6. The summed E-state index contributed by atoms with van der Waals surface area (Å²) in [6.07, 6.45) is 6.81. The number of rotatable bonds is 4. The summed E-state index contributed by atoms with van der Waals surface area (Å²) in [7, 11) is 0. The summed E-state index contributed by atoms with van der Waals surface area (Å²) in [6.45, 7) is 7.91. The average Bonchev–Trinajstić information content (AvgIpc) is 2.35. The largest absolute Gasteiger partial charge is 0.240 e. The highest BCUT2D eigenvalue weighted by molar-refractivity contribution is 5.48. The van der Waals surface area contributed by atoms with Crippen LogP contribution in [0, 0.1) is 5.41 Å². The van der Waals surface area contributed by atoms with Crippen molar-refractivity contribution in [2.24, 2.45) is 15.4 Å². The molecule has 96 valence electrons. The van der Waals surface area contributed by atoms with Crippen molar-refractivity contribution in [1.29, 1.82) is 0 Å². The van der Waals surface area contributed by atoms with Crippen molar-refractivity contribution >= 4 is 12.2 Å². The van der Waals surface area contributed by atoms with Crippen molar-refractivity contribution in [3.05, 3.63) is 22.9 Å². The van der Waals surface area contributed by atoms with Gasteiger partial charge in [-0.3, -0.25) is 0 Å². The Kier molecular flexibility index (Phi) is 4.55. The molecular formula is C14H18N2O2. The second-order valence-electron chi connectivity index (χ2n) is 4.85. The molecule has 0 bridgehead atoms. The Morgan fingerprint density at radius 3 is 2.33 bits per heavy atom. The van der Waals surface area contributed by atoms with Gasteiger partial charge in [0.15, 0.2) is 0 Å². The third-order valence-corrected chi connectivity index (χ3v) is 3.44. The lowest BCUT2D eigenvalue weighted by Crippen LogP contribution is -2.34. The maximum Gasteiger partial charge on any atom is 0.240 e. The van der Waals surface area contributed by atoms with Gasteiger partial charge in [0.1, 0.15) is 0 Å². The molecule has 1 unspecified atom stereocenters. The van der Waals surface area contributed by atoms with Gasteiger partial charge in [0, 0.05) is 5.41 Å². The number of allylic oxidation sites excluding steroid dienone is 2. The van der Waals surface area contributed by atoms with Crippen molar-refractivity contribution in [2.75, 3.05) is 0 Å². The first-order valence-corrected chi connectivity index (χ1v) is 6.11. The first kappa shape index (κ1) is 14.3. The molecule has 0 aromatic carbocycles. The molecule has 4 nitrogen and oxygen atoms in total. The summed E-state index contributed by atoms with van der Waals surface area (Å²) in [5, 5.41) is 0. The van der Waals surface area contributed by atoms with E-state index in [-0.39, 0.29) is 6.04 Å². The molecule has 18 heavy (non-hydrogen) atoms. The van der Waals surface area contributed by atoms with Crippen LogP contribution in [0.4, 0.5) is 0 Å². The lowest BCUT2D eigenvalue weighted by molar-refractivity contribution is 0.363. The lowest BCUT2D eigenvalue weighted by Gasteiger charge is -2.36. The minimum atomic E-state index is -0.486. The van der Waals surface area contributed by atoms with E-state index >= 15 is 0 Å². The fourth-order valence-corrected chi connectivity index (χ4v) is 2.50. The van der Waals surface area contributed by atoms with Crippen molar-refractivity contribution in [2.45, 2.75) is 46.6 Å². The fourth-order valence-electron chi connectivity index (χ4n) is 2.50. The molecule has 0 amide bonds. The van der Waals surface area contributed by atoms with Gasteiger partial charge < -0.3 is 0 Å². The summed E-state index contributed by atoms with van der Waals surface area (Å²) >= 11 is 0. The molecule has 1 atom stereocenters. The lowest BCUT2D eigenvalue weighted by atomic mass is 9.71. The average molecular weight is 246 g/mol. The van der Waals surface area contributed by atoms with Gasteiger partial charge in [-0.05, 0) is 24.0 Å². The summed E-state index contributed by atoms with van der Waals surface area (Å²) < 4.78 is 0. The molecule has 0 fully saturated rings. The topological polar surface area (TPSA) is 58.9 Å². The van der Waals surface area contributed by atoms with Crippen LogP contribution in [0.2, 0.25) is 0 Å². The van der Waals surface area contributed by atoms with Crippen LogP contribution in [0.3, 0.4) is 0 Å². The van der Waals surface area contributed by atoms with Gasteiger partial charge in [-0.1, -0.05) is 33.8 Å². The zero-order valence-electron chi connectivity index (χ0n) is 11.3. The molecule has 1 rings (SSSR count). The van der Waals surface area contributed by atoms with Gasteiger partial charge in [-0.25, -0.2) is 9.59 Å². The number of carbonyl (C=O) groups excluding carboxylic acids is 2. The maximum absolute atomic E-state index is 10.6. The first-order valence-electron chi connectivity index (χ1n) is 6.11. The van der Waals surface area contributed by atoms with Crippen LogP contribution in [0.25, 0.3) is 0 Å². The molecule has 4 heteroatoms. The molecule has 0 heterocycles. The molecule has 0 aliphatic heterocycles. The van der Waals surface area contributed by atoms with Crippen molar-refractivity contribution < 1.29 is 9.59 Å². The number of hydrogen-bond donors (Lipinski definition) is 0. The minimum absolute atomic E-state index is 0.303. The van der Waals surface area contributed by atoms with E-state index in [2.05, 4.69) is 9.98 Å². The SMILES string of the molecule is CCC1=CC(CC)=C(N=C=O)C(C)(C)C1N=C=O. The highest BCUT2D eigenvalue weighted by Crippen LogP contribution is 2.44. The Hall–Kier alpha value is -1.76. The second-order valence-corrected chi connectivity index (χ2v) is 4.85. The number of aliphatic imine (C=N–C) groups is 2. The molecule has 0 aromatic rings. The van der Waals surface area contributed by atoms with E-state index < -0.39 is 5.41 Å². The van der Waals surface area contributed by atoms with Gasteiger partial charge in [-0.2, -0.15) is 9.98 Å². The van der Waals surface area contributed by atoms with Crippen LogP contribution in [-0.2, 0) is 9.59 Å². The summed E-state index contributed by atoms with van der Waals surface area (Å²) in [6, 6.07) is -0.303. The van der Waals surface area contributed by atoms with E-state index in [9.17, 15) is 9.59 Å². The highest BCUT2D eigenvalue weighted by Gasteiger charge is 2.39. The van der Waals surface area contributed by atoms with E-state index in [1.54, 1.807) is 12.2 Å². The number of isocyanates is 2. The molecule has 0 spiro atoms. The van der Waals surface area contributed by atoms with E-state index in [0.29, 0.717) is 5.70 Å². The van der Waals surface area contributed by atoms with Crippen LogP contribution in [0.5, 0.6) is 0 Å². The van der Waals surface area contributed by atoms with Gasteiger partial charge in [0.05, 0.1) is 11.7 Å². The summed E-state index contributed by atoms with van der Waals surface area (Å²) in [5.74, 6) is 0. The zero-order valence-corrected chi connectivity index (χ0v) is 11.3. The van der Waals surface area contributed by atoms with Crippen molar-refractivity contribution in [3.63, 3.8) is 0 Å². The van der Waals surface area contributed by atoms with Crippen LogP contribution in [-0.4, -0.2) is 18.2 Å². The Labute approximate surface area is 107 Å². The molecule has 1 aliphatic carbocycles. The minimum Gasteiger partial charge on any atom is -0.211 e. The molecule has 0 radical (unpaired) electrons.